The molecule has 3 rings (SSSR count). The van der Waals surface area contributed by atoms with Gasteiger partial charge in [-0.15, -0.1) is 0 Å². The largest absolute Gasteiger partial charge is 0.472 e. The van der Waals surface area contributed by atoms with Gasteiger partial charge in [-0.3, -0.25) is 14.6 Å². The van der Waals surface area contributed by atoms with Crippen LogP contribution in [0.4, 0.5) is 0 Å². The van der Waals surface area contributed by atoms with Crippen LogP contribution in [0.2, 0.25) is 0 Å². The lowest BCUT2D eigenvalue weighted by molar-refractivity contribution is -0.135. The van der Waals surface area contributed by atoms with Crippen molar-refractivity contribution in [2.75, 3.05) is 26.7 Å². The molecule has 1 aliphatic heterocycles. The van der Waals surface area contributed by atoms with Gasteiger partial charge < -0.3 is 14.2 Å². The number of furan rings is 1. The van der Waals surface area contributed by atoms with E-state index in [1.807, 2.05) is 25.2 Å². The lowest BCUT2D eigenvalue weighted by atomic mass is 9.95. The smallest absolute Gasteiger partial charge is 0.257 e. The average Bonchev–Trinajstić information content (AvgIpc) is 3.20. The fraction of sp³-hybridized carbons (Fsp3) is 0.421. The quantitative estimate of drug-likeness (QED) is 0.836. The number of hydrogen-bond acceptors (Lipinski definition) is 4. The van der Waals surface area contributed by atoms with E-state index in [0.717, 1.165) is 12.1 Å². The van der Waals surface area contributed by atoms with E-state index in [1.54, 1.807) is 22.1 Å². The third kappa shape index (κ3) is 4.26. The monoisotopic (exact) mass is 341 g/mol. The van der Waals surface area contributed by atoms with Crippen molar-refractivity contribution in [3.05, 3.63) is 54.2 Å². The first-order chi connectivity index (χ1) is 12.1. The van der Waals surface area contributed by atoms with Gasteiger partial charge in [0.2, 0.25) is 5.91 Å². The van der Waals surface area contributed by atoms with Crippen LogP contribution in [0.15, 0.2) is 47.4 Å². The summed E-state index contributed by atoms with van der Waals surface area (Å²) in [6.07, 6.45) is 6.89. The van der Waals surface area contributed by atoms with Crippen LogP contribution < -0.4 is 0 Å². The molecular weight excluding hydrogens is 318 g/mol. The summed E-state index contributed by atoms with van der Waals surface area (Å²) in [7, 11) is 1.84. The second-order valence-corrected chi connectivity index (χ2v) is 6.41. The molecule has 0 saturated carbocycles. The van der Waals surface area contributed by atoms with E-state index in [4.69, 9.17) is 4.42 Å². The van der Waals surface area contributed by atoms with Crippen LogP contribution >= 0.6 is 0 Å². The third-order valence-corrected chi connectivity index (χ3v) is 4.71. The highest BCUT2D eigenvalue weighted by Crippen LogP contribution is 2.21. The number of likely N-dealkylation sites (N-methyl/N-ethyl adjacent to an activating group) is 1. The molecule has 3 heterocycles. The topological polar surface area (TPSA) is 66.7 Å². The minimum Gasteiger partial charge on any atom is -0.472 e. The number of aromatic nitrogens is 1. The molecule has 2 aromatic heterocycles. The molecule has 0 bridgehead atoms. The molecule has 0 spiro atoms. The Balaban J connectivity index is 1.47. The molecule has 1 aliphatic rings. The van der Waals surface area contributed by atoms with Crippen molar-refractivity contribution in [1.29, 1.82) is 0 Å². The Morgan fingerprint density at radius 3 is 2.72 bits per heavy atom. The van der Waals surface area contributed by atoms with Crippen LogP contribution in [0, 0.1) is 5.92 Å². The van der Waals surface area contributed by atoms with Gasteiger partial charge in [0.15, 0.2) is 0 Å². The molecule has 0 unspecified atom stereocenters. The number of carbonyl (C=O) groups excluding carboxylic acids is 2. The standard InChI is InChI=1S/C19H23N3O3/c1-21(10-7-17-4-2-3-9-20-17)18(23)15-5-11-22(12-6-15)19(24)16-8-13-25-14-16/h2-4,8-9,13-15H,5-7,10-12H2,1H3. The van der Waals surface area contributed by atoms with Gasteiger partial charge in [-0.05, 0) is 31.0 Å². The van der Waals surface area contributed by atoms with Gasteiger partial charge >= 0.3 is 0 Å². The zero-order chi connectivity index (χ0) is 17.6. The highest BCUT2D eigenvalue weighted by atomic mass is 16.3. The minimum absolute atomic E-state index is 0.0119. The Morgan fingerprint density at radius 1 is 1.28 bits per heavy atom. The Labute approximate surface area is 147 Å². The van der Waals surface area contributed by atoms with E-state index >= 15 is 0 Å². The number of hydrogen-bond donors (Lipinski definition) is 0. The van der Waals surface area contributed by atoms with Gasteiger partial charge in [-0.1, -0.05) is 6.07 Å². The summed E-state index contributed by atoms with van der Waals surface area (Å²) in [5.74, 6) is 0.122. The molecule has 0 radical (unpaired) electrons. The van der Waals surface area contributed by atoms with Crippen molar-refractivity contribution in [1.82, 2.24) is 14.8 Å². The van der Waals surface area contributed by atoms with Crippen molar-refractivity contribution in [3.8, 4) is 0 Å². The summed E-state index contributed by atoms with van der Waals surface area (Å²) in [4.78, 5) is 32.8. The number of rotatable bonds is 5. The molecule has 6 nitrogen and oxygen atoms in total. The molecule has 25 heavy (non-hydrogen) atoms. The zero-order valence-electron chi connectivity index (χ0n) is 14.4. The molecule has 2 amide bonds. The first-order valence-electron chi connectivity index (χ1n) is 8.61. The summed E-state index contributed by atoms with van der Waals surface area (Å²) in [5.41, 5.74) is 1.56. The van der Waals surface area contributed by atoms with Crippen LogP contribution in [0.3, 0.4) is 0 Å². The second-order valence-electron chi connectivity index (χ2n) is 6.41. The maximum atomic E-state index is 12.6. The summed E-state index contributed by atoms with van der Waals surface area (Å²) in [6, 6.07) is 7.48. The van der Waals surface area contributed by atoms with Crippen molar-refractivity contribution in [2.45, 2.75) is 19.3 Å². The number of piperidine rings is 1. The number of carbonyl (C=O) groups is 2. The van der Waals surface area contributed by atoms with Crippen LogP contribution in [-0.4, -0.2) is 53.3 Å². The summed E-state index contributed by atoms with van der Waals surface area (Å²) >= 11 is 0. The molecule has 0 aliphatic carbocycles. The molecule has 0 aromatic carbocycles. The first kappa shape index (κ1) is 17.2. The highest BCUT2D eigenvalue weighted by Gasteiger charge is 2.29. The Morgan fingerprint density at radius 2 is 2.08 bits per heavy atom. The van der Waals surface area contributed by atoms with Crippen molar-refractivity contribution < 1.29 is 14.0 Å². The summed E-state index contributed by atoms with van der Waals surface area (Å²) in [5, 5.41) is 0. The molecule has 0 N–H and O–H groups in total. The van der Waals surface area contributed by atoms with Gasteiger partial charge in [-0.2, -0.15) is 0 Å². The number of amides is 2. The molecule has 1 saturated heterocycles. The lowest BCUT2D eigenvalue weighted by Gasteiger charge is -2.33. The zero-order valence-corrected chi connectivity index (χ0v) is 14.4. The third-order valence-electron chi connectivity index (χ3n) is 4.71. The molecule has 1 fully saturated rings. The lowest BCUT2D eigenvalue weighted by Crippen LogP contribution is -2.43. The molecular formula is C19H23N3O3. The number of pyridine rings is 1. The maximum Gasteiger partial charge on any atom is 0.257 e. The summed E-state index contributed by atoms with van der Waals surface area (Å²) < 4.78 is 4.97. The van der Waals surface area contributed by atoms with Crippen LogP contribution in [0.5, 0.6) is 0 Å². The van der Waals surface area contributed by atoms with E-state index in [2.05, 4.69) is 4.98 Å². The van der Waals surface area contributed by atoms with Gasteiger partial charge in [0.25, 0.3) is 5.91 Å². The van der Waals surface area contributed by atoms with Crippen LogP contribution in [0.25, 0.3) is 0 Å². The predicted octanol–water partition coefficient (Wildman–Crippen LogP) is 2.23. The van der Waals surface area contributed by atoms with Crippen molar-refractivity contribution >= 4 is 11.8 Å². The highest BCUT2D eigenvalue weighted by molar-refractivity contribution is 5.94. The first-order valence-corrected chi connectivity index (χ1v) is 8.61. The molecule has 2 aromatic rings. The van der Waals surface area contributed by atoms with E-state index < -0.39 is 0 Å². The molecule has 0 atom stereocenters. The van der Waals surface area contributed by atoms with Gasteiger partial charge in [0, 0.05) is 50.9 Å². The van der Waals surface area contributed by atoms with Crippen molar-refractivity contribution in [2.24, 2.45) is 5.92 Å². The van der Waals surface area contributed by atoms with Gasteiger partial charge in [-0.25, -0.2) is 0 Å². The van der Waals surface area contributed by atoms with Crippen LogP contribution in [0.1, 0.15) is 28.9 Å². The van der Waals surface area contributed by atoms with Gasteiger partial charge in [0.1, 0.15) is 6.26 Å². The Kier molecular flexibility index (Phi) is 5.48. The van der Waals surface area contributed by atoms with E-state index in [-0.39, 0.29) is 17.7 Å². The van der Waals surface area contributed by atoms with E-state index in [9.17, 15) is 9.59 Å². The number of likely N-dealkylation sites (tertiary alicyclic amines) is 1. The molecule has 132 valence electrons. The number of nitrogens with zero attached hydrogens (tertiary/aromatic N) is 3. The van der Waals surface area contributed by atoms with Crippen LogP contribution in [-0.2, 0) is 11.2 Å². The Hall–Kier alpha value is -2.63. The average molecular weight is 341 g/mol. The van der Waals surface area contributed by atoms with E-state index in [0.29, 0.717) is 38.0 Å². The predicted molar refractivity (Wildman–Crippen MR) is 92.9 cm³/mol. The van der Waals surface area contributed by atoms with Gasteiger partial charge in [0.05, 0.1) is 11.8 Å². The SMILES string of the molecule is CN(CCc1ccccn1)C(=O)C1CCN(C(=O)c2ccoc2)CC1. The fourth-order valence-corrected chi connectivity index (χ4v) is 3.15. The maximum absolute atomic E-state index is 12.6. The minimum atomic E-state index is -0.0249. The second kappa shape index (κ2) is 7.96. The molecule has 6 heteroatoms. The fourth-order valence-electron chi connectivity index (χ4n) is 3.15. The summed E-state index contributed by atoms with van der Waals surface area (Å²) in [6.45, 7) is 1.87. The van der Waals surface area contributed by atoms with E-state index in [1.165, 1.54) is 12.5 Å². The Bertz CT molecular complexity index is 692. The normalized spacial score (nSPS) is 15.2. The van der Waals surface area contributed by atoms with Crippen molar-refractivity contribution in [3.63, 3.8) is 0 Å².